The molecule has 1 saturated carbocycles. The lowest BCUT2D eigenvalue weighted by atomic mass is 9.82. The lowest BCUT2D eigenvalue weighted by molar-refractivity contribution is 0.304. The van der Waals surface area contributed by atoms with Gasteiger partial charge in [0.2, 0.25) is 0 Å². The maximum Gasteiger partial charge on any atom is 0.125 e. The topological polar surface area (TPSA) is 29.3 Å². The maximum atomic E-state index is 13.6. The Labute approximate surface area is 121 Å². The van der Waals surface area contributed by atoms with Gasteiger partial charge in [0, 0.05) is 18.8 Å². The number of hydrogen-bond acceptors (Lipinski definition) is 2. The van der Waals surface area contributed by atoms with Crippen molar-refractivity contribution < 1.29 is 4.39 Å². The lowest BCUT2D eigenvalue weighted by Crippen LogP contribution is -2.54. The molecule has 0 amide bonds. The monoisotopic (exact) mass is 276 g/mol. The van der Waals surface area contributed by atoms with Crippen LogP contribution in [0.3, 0.4) is 0 Å². The Hall–Kier alpha value is -1.09. The van der Waals surface area contributed by atoms with Crippen molar-refractivity contribution in [1.82, 2.24) is 0 Å². The van der Waals surface area contributed by atoms with Crippen molar-refractivity contribution in [3.63, 3.8) is 0 Å². The van der Waals surface area contributed by atoms with Crippen LogP contribution in [0.4, 0.5) is 10.1 Å². The molecular formula is C17H25FN2. The van der Waals surface area contributed by atoms with Crippen LogP contribution in [0.1, 0.15) is 50.5 Å². The summed E-state index contributed by atoms with van der Waals surface area (Å²) in [7, 11) is 0. The van der Waals surface area contributed by atoms with Crippen LogP contribution >= 0.6 is 0 Å². The molecule has 0 bridgehead atoms. The predicted molar refractivity (Wildman–Crippen MR) is 81.6 cm³/mol. The molecule has 3 heteroatoms. The fraction of sp³-hybridized carbons (Fsp3) is 0.647. The van der Waals surface area contributed by atoms with Crippen molar-refractivity contribution >= 4 is 5.69 Å². The van der Waals surface area contributed by atoms with Crippen LogP contribution in [0.25, 0.3) is 0 Å². The van der Waals surface area contributed by atoms with E-state index in [-0.39, 0.29) is 11.4 Å². The first kappa shape index (κ1) is 13.9. The highest BCUT2D eigenvalue weighted by atomic mass is 19.1. The van der Waals surface area contributed by atoms with Gasteiger partial charge in [-0.2, -0.15) is 0 Å². The van der Waals surface area contributed by atoms with E-state index in [0.29, 0.717) is 6.54 Å². The molecule has 2 aliphatic rings. The maximum absolute atomic E-state index is 13.6. The molecule has 2 N–H and O–H groups in total. The van der Waals surface area contributed by atoms with E-state index in [1.165, 1.54) is 37.7 Å². The third kappa shape index (κ3) is 2.44. The molecule has 1 aliphatic carbocycles. The van der Waals surface area contributed by atoms with Crippen molar-refractivity contribution in [2.45, 2.75) is 56.9 Å². The fourth-order valence-electron chi connectivity index (χ4n) is 3.99. The van der Waals surface area contributed by atoms with Crippen LogP contribution in [0.5, 0.6) is 0 Å². The molecule has 0 spiro atoms. The van der Waals surface area contributed by atoms with Gasteiger partial charge < -0.3 is 10.6 Å². The van der Waals surface area contributed by atoms with Crippen molar-refractivity contribution in [2.75, 3.05) is 18.0 Å². The average molecular weight is 276 g/mol. The van der Waals surface area contributed by atoms with E-state index in [4.69, 9.17) is 5.73 Å². The van der Waals surface area contributed by atoms with Crippen LogP contribution in [0, 0.1) is 5.82 Å². The van der Waals surface area contributed by atoms with Crippen LogP contribution in [0.15, 0.2) is 18.2 Å². The molecule has 3 rings (SSSR count). The summed E-state index contributed by atoms with van der Waals surface area (Å²) in [4.78, 5) is 2.43. The largest absolute Gasteiger partial charge is 0.364 e. The Morgan fingerprint density at radius 1 is 1.10 bits per heavy atom. The molecule has 0 unspecified atom stereocenters. The summed E-state index contributed by atoms with van der Waals surface area (Å²) in [5.41, 5.74) is 8.63. The molecule has 0 atom stereocenters. The van der Waals surface area contributed by atoms with Crippen LogP contribution in [-0.4, -0.2) is 18.6 Å². The van der Waals surface area contributed by atoms with E-state index < -0.39 is 0 Å². The summed E-state index contributed by atoms with van der Waals surface area (Å²) in [6, 6.07) is 5.23. The van der Waals surface area contributed by atoms with Gasteiger partial charge in [-0.25, -0.2) is 4.39 Å². The summed E-state index contributed by atoms with van der Waals surface area (Å²) in [5, 5.41) is 0. The van der Waals surface area contributed by atoms with Crippen molar-refractivity contribution in [1.29, 1.82) is 0 Å². The normalized spacial score (nSPS) is 22.2. The van der Waals surface area contributed by atoms with E-state index in [0.717, 1.165) is 31.5 Å². The number of rotatable bonds is 2. The Bertz CT molecular complexity index is 464. The van der Waals surface area contributed by atoms with Crippen molar-refractivity contribution in [3.05, 3.63) is 29.6 Å². The first-order chi connectivity index (χ1) is 9.75. The summed E-state index contributed by atoms with van der Waals surface area (Å²) >= 11 is 0. The third-order valence-electron chi connectivity index (χ3n) is 5.18. The standard InChI is InChI=1S/C17H25FN2/c18-15-7-6-14-8-11-20(16(14)12-15)17(13-19)9-4-2-1-3-5-10-17/h6-7,12H,1-5,8-11,13,19H2. The molecule has 1 heterocycles. The highest BCUT2D eigenvalue weighted by Crippen LogP contribution is 2.39. The number of nitrogens with zero attached hydrogens (tertiary/aromatic N) is 1. The minimum atomic E-state index is -0.131. The zero-order valence-corrected chi connectivity index (χ0v) is 12.2. The molecule has 0 radical (unpaired) electrons. The Balaban J connectivity index is 1.92. The van der Waals surface area contributed by atoms with E-state index in [1.54, 1.807) is 12.1 Å². The third-order valence-corrected chi connectivity index (χ3v) is 5.18. The first-order valence-corrected chi connectivity index (χ1v) is 8.01. The van der Waals surface area contributed by atoms with Gasteiger partial charge in [-0.15, -0.1) is 0 Å². The van der Waals surface area contributed by atoms with E-state index in [1.807, 2.05) is 6.07 Å². The Morgan fingerprint density at radius 2 is 1.80 bits per heavy atom. The average Bonchev–Trinajstić information content (AvgIpc) is 2.83. The molecule has 110 valence electrons. The van der Waals surface area contributed by atoms with Crippen molar-refractivity contribution in [2.24, 2.45) is 5.73 Å². The molecule has 1 aliphatic heterocycles. The van der Waals surface area contributed by atoms with Crippen molar-refractivity contribution in [3.8, 4) is 0 Å². The van der Waals surface area contributed by atoms with Gasteiger partial charge >= 0.3 is 0 Å². The SMILES string of the molecule is NCC1(N2CCc3ccc(F)cc32)CCCCCCC1. The van der Waals surface area contributed by atoms with Gasteiger partial charge in [0.15, 0.2) is 0 Å². The second-order valence-electron chi connectivity index (χ2n) is 6.37. The zero-order valence-electron chi connectivity index (χ0n) is 12.2. The molecule has 0 aromatic heterocycles. The number of halogens is 1. The Morgan fingerprint density at radius 3 is 2.50 bits per heavy atom. The second kappa shape index (κ2) is 5.72. The van der Waals surface area contributed by atoms with E-state index >= 15 is 0 Å². The zero-order chi connectivity index (χ0) is 14.0. The minimum Gasteiger partial charge on any atom is -0.364 e. The smallest absolute Gasteiger partial charge is 0.125 e. The minimum absolute atomic E-state index is 0.0550. The predicted octanol–water partition coefficient (Wildman–Crippen LogP) is 3.63. The first-order valence-electron chi connectivity index (χ1n) is 8.01. The summed E-state index contributed by atoms with van der Waals surface area (Å²) in [6.07, 6.45) is 9.80. The van der Waals surface area contributed by atoms with E-state index in [9.17, 15) is 4.39 Å². The van der Waals surface area contributed by atoms with Gasteiger partial charge in [0.05, 0.1) is 5.54 Å². The summed E-state index contributed by atoms with van der Waals surface area (Å²) in [6.45, 7) is 1.68. The number of benzene rings is 1. The van der Waals surface area contributed by atoms with Crippen LogP contribution in [-0.2, 0) is 6.42 Å². The van der Waals surface area contributed by atoms with Gasteiger partial charge in [0.1, 0.15) is 5.82 Å². The van der Waals surface area contributed by atoms with Gasteiger partial charge in [-0.1, -0.05) is 38.2 Å². The lowest BCUT2D eigenvalue weighted by Gasteiger charge is -2.44. The molecule has 0 saturated heterocycles. The molecule has 20 heavy (non-hydrogen) atoms. The molecule has 2 nitrogen and oxygen atoms in total. The van der Waals surface area contributed by atoms with E-state index in [2.05, 4.69) is 4.90 Å². The number of anilines is 1. The fourth-order valence-corrected chi connectivity index (χ4v) is 3.99. The second-order valence-corrected chi connectivity index (χ2v) is 6.37. The van der Waals surface area contributed by atoms with Crippen LogP contribution in [0.2, 0.25) is 0 Å². The van der Waals surface area contributed by atoms with Gasteiger partial charge in [-0.05, 0) is 37.0 Å². The molecule has 1 aromatic carbocycles. The molecule has 1 fully saturated rings. The van der Waals surface area contributed by atoms with Crippen LogP contribution < -0.4 is 10.6 Å². The quantitative estimate of drug-likeness (QED) is 0.893. The van der Waals surface area contributed by atoms with Gasteiger partial charge in [0.25, 0.3) is 0 Å². The summed E-state index contributed by atoms with van der Waals surface area (Å²) in [5.74, 6) is -0.131. The highest BCUT2D eigenvalue weighted by Gasteiger charge is 2.38. The molecule has 1 aromatic rings. The molecular weight excluding hydrogens is 251 g/mol. The highest BCUT2D eigenvalue weighted by molar-refractivity contribution is 5.60. The summed E-state index contributed by atoms with van der Waals surface area (Å²) < 4.78 is 13.6. The number of hydrogen-bond donors (Lipinski definition) is 1. The Kier molecular flexibility index (Phi) is 3.97. The number of fused-ring (bicyclic) bond motifs is 1. The van der Waals surface area contributed by atoms with Gasteiger partial charge in [-0.3, -0.25) is 0 Å². The number of nitrogens with two attached hydrogens (primary N) is 1.